The Balaban J connectivity index is 1.41. The lowest BCUT2D eigenvalue weighted by molar-refractivity contribution is -0.216. The van der Waals surface area contributed by atoms with E-state index in [1.54, 1.807) is 6.08 Å². The third-order valence-corrected chi connectivity index (χ3v) is 7.00. The van der Waals surface area contributed by atoms with Crippen molar-refractivity contribution in [2.45, 2.75) is 57.7 Å². The minimum atomic E-state index is -2.25. The van der Waals surface area contributed by atoms with Gasteiger partial charge in [-0.1, -0.05) is 6.92 Å². The number of hydrogen-bond acceptors (Lipinski definition) is 2. The summed E-state index contributed by atoms with van der Waals surface area (Å²) in [5.41, 5.74) is 0. The summed E-state index contributed by atoms with van der Waals surface area (Å²) in [7, 11) is 0. The summed E-state index contributed by atoms with van der Waals surface area (Å²) in [5.74, 6) is -3.78. The number of hydrogen-bond donors (Lipinski definition) is 0. The van der Waals surface area contributed by atoms with E-state index in [1.807, 2.05) is 6.92 Å². The predicted octanol–water partition coefficient (Wildman–Crippen LogP) is 6.30. The largest absolute Gasteiger partial charge is 0.352 e. The van der Waals surface area contributed by atoms with E-state index >= 15 is 0 Å². The van der Waals surface area contributed by atoms with Crippen molar-refractivity contribution in [2.24, 2.45) is 35.5 Å². The zero-order chi connectivity index (χ0) is 21.4. The lowest BCUT2D eigenvalue weighted by Crippen LogP contribution is -2.37. The standard InChI is InChI=1S/C23H29F5O2/c1-12-10-29-23(30-11-12)14-3-5-16(19(25)7-14)13-2-4-17(18(24)6-13)15-8-20(26)22(28)21(27)9-15/h6-8,12-17,21-23H,2-5,9-11H2,1H3. The summed E-state index contributed by atoms with van der Waals surface area (Å²) in [5, 5.41) is 0. The molecule has 0 saturated carbocycles. The number of alkyl halides is 2. The first kappa shape index (κ1) is 22.0. The van der Waals surface area contributed by atoms with Crippen LogP contribution >= 0.6 is 0 Å². The van der Waals surface area contributed by atoms with Gasteiger partial charge in [-0.25, -0.2) is 22.0 Å². The van der Waals surface area contributed by atoms with Crippen molar-refractivity contribution in [2.75, 3.05) is 13.2 Å². The molecule has 0 aromatic carbocycles. The van der Waals surface area contributed by atoms with Crippen LogP contribution in [0.15, 0.2) is 35.7 Å². The first-order valence-electron chi connectivity index (χ1n) is 11.0. The highest BCUT2D eigenvalue weighted by Crippen LogP contribution is 2.46. The molecule has 2 nitrogen and oxygen atoms in total. The second-order valence-electron chi connectivity index (χ2n) is 9.31. The number of halogens is 5. The topological polar surface area (TPSA) is 18.5 Å². The monoisotopic (exact) mass is 432 g/mol. The van der Waals surface area contributed by atoms with Gasteiger partial charge in [0, 0.05) is 23.7 Å². The fourth-order valence-electron chi connectivity index (χ4n) is 5.27. The second kappa shape index (κ2) is 9.11. The van der Waals surface area contributed by atoms with E-state index in [1.165, 1.54) is 6.08 Å². The van der Waals surface area contributed by atoms with Crippen LogP contribution in [0.3, 0.4) is 0 Å². The fourth-order valence-corrected chi connectivity index (χ4v) is 5.27. The van der Waals surface area contributed by atoms with Crippen LogP contribution in [-0.4, -0.2) is 31.8 Å². The Morgan fingerprint density at radius 3 is 1.87 bits per heavy atom. The molecular weight excluding hydrogens is 403 g/mol. The van der Waals surface area contributed by atoms with Crippen molar-refractivity contribution >= 4 is 0 Å². The van der Waals surface area contributed by atoms with Crippen LogP contribution in [0.2, 0.25) is 0 Å². The summed E-state index contributed by atoms with van der Waals surface area (Å²) in [6.45, 7) is 3.22. The summed E-state index contributed by atoms with van der Waals surface area (Å²) in [4.78, 5) is 0. The minimum Gasteiger partial charge on any atom is -0.352 e. The normalized spacial score (nSPS) is 45.4. The highest BCUT2D eigenvalue weighted by Gasteiger charge is 2.41. The van der Waals surface area contributed by atoms with E-state index in [0.717, 1.165) is 6.08 Å². The van der Waals surface area contributed by atoms with E-state index < -0.39 is 48.0 Å². The van der Waals surface area contributed by atoms with Crippen LogP contribution < -0.4 is 0 Å². The number of ether oxygens (including phenoxy) is 2. The van der Waals surface area contributed by atoms with Crippen LogP contribution in [0.1, 0.15) is 39.0 Å². The van der Waals surface area contributed by atoms with E-state index in [9.17, 15) is 22.0 Å². The molecule has 0 bridgehead atoms. The van der Waals surface area contributed by atoms with E-state index in [4.69, 9.17) is 9.47 Å². The summed E-state index contributed by atoms with van der Waals surface area (Å²) in [6, 6.07) is 0. The summed E-state index contributed by atoms with van der Waals surface area (Å²) >= 11 is 0. The van der Waals surface area contributed by atoms with Gasteiger partial charge in [-0.05, 0) is 62.2 Å². The Bertz CT molecular complexity index is 712. The van der Waals surface area contributed by atoms with Crippen molar-refractivity contribution in [3.63, 3.8) is 0 Å². The van der Waals surface area contributed by atoms with Crippen molar-refractivity contribution in [3.05, 3.63) is 35.7 Å². The van der Waals surface area contributed by atoms with Gasteiger partial charge in [0.15, 0.2) is 12.5 Å². The van der Waals surface area contributed by atoms with Gasteiger partial charge in [-0.2, -0.15) is 0 Å². The Morgan fingerprint density at radius 1 is 0.733 bits per heavy atom. The molecule has 1 heterocycles. The molecule has 3 aliphatic carbocycles. The molecule has 0 radical (unpaired) electrons. The Hall–Kier alpha value is -1.21. The minimum absolute atomic E-state index is 0.149. The fraction of sp³-hybridized carbons (Fsp3) is 0.739. The maximum Gasteiger partial charge on any atom is 0.182 e. The summed E-state index contributed by atoms with van der Waals surface area (Å²) in [6.07, 6.45) is 1.30. The molecule has 4 aliphatic rings. The van der Waals surface area contributed by atoms with E-state index in [0.29, 0.717) is 44.8 Å². The number of allylic oxidation sites excluding steroid dienone is 5. The molecule has 0 aromatic rings. The average Bonchev–Trinajstić information content (AvgIpc) is 2.72. The second-order valence-corrected chi connectivity index (χ2v) is 9.31. The maximum atomic E-state index is 14.9. The third-order valence-electron chi connectivity index (χ3n) is 7.00. The van der Waals surface area contributed by atoms with Crippen molar-refractivity contribution in [3.8, 4) is 0 Å². The first-order chi connectivity index (χ1) is 14.3. The van der Waals surface area contributed by atoms with Crippen LogP contribution in [0.5, 0.6) is 0 Å². The van der Waals surface area contributed by atoms with Crippen LogP contribution in [0.4, 0.5) is 22.0 Å². The van der Waals surface area contributed by atoms with Gasteiger partial charge < -0.3 is 9.47 Å². The molecule has 1 fully saturated rings. The zero-order valence-electron chi connectivity index (χ0n) is 17.1. The van der Waals surface area contributed by atoms with Gasteiger partial charge in [0.2, 0.25) is 0 Å². The first-order valence-corrected chi connectivity index (χ1v) is 11.0. The molecule has 0 amide bonds. The highest BCUT2D eigenvalue weighted by atomic mass is 19.2. The molecule has 7 atom stereocenters. The molecule has 4 rings (SSSR count). The smallest absolute Gasteiger partial charge is 0.182 e. The molecule has 7 heteroatoms. The van der Waals surface area contributed by atoms with Gasteiger partial charge in [0.05, 0.1) is 19.0 Å². The predicted molar refractivity (Wildman–Crippen MR) is 103 cm³/mol. The van der Waals surface area contributed by atoms with Gasteiger partial charge in [0.25, 0.3) is 0 Å². The molecule has 7 unspecified atom stereocenters. The van der Waals surface area contributed by atoms with Crippen LogP contribution in [0, 0.1) is 35.5 Å². The van der Waals surface area contributed by atoms with Crippen molar-refractivity contribution in [1.29, 1.82) is 0 Å². The van der Waals surface area contributed by atoms with Crippen LogP contribution in [-0.2, 0) is 9.47 Å². The number of rotatable bonds is 3. The van der Waals surface area contributed by atoms with Gasteiger partial charge >= 0.3 is 0 Å². The lowest BCUT2D eigenvalue weighted by Gasteiger charge is -2.38. The van der Waals surface area contributed by atoms with Crippen LogP contribution in [0.25, 0.3) is 0 Å². The van der Waals surface area contributed by atoms with Gasteiger partial charge in [0.1, 0.15) is 17.8 Å². The molecule has 0 N–H and O–H groups in total. The quantitative estimate of drug-likeness (QED) is 0.487. The van der Waals surface area contributed by atoms with Gasteiger partial charge in [-0.15, -0.1) is 0 Å². The lowest BCUT2D eigenvalue weighted by atomic mass is 9.70. The molecule has 168 valence electrons. The van der Waals surface area contributed by atoms with Crippen molar-refractivity contribution in [1.82, 2.24) is 0 Å². The SMILES string of the molecule is CC1COC(C2C=C(F)C(C3C=C(F)C(C4C=C(F)C(F)C(F)C4)CC3)CC2)OC1. The Labute approximate surface area is 174 Å². The van der Waals surface area contributed by atoms with Gasteiger partial charge in [-0.3, -0.25) is 0 Å². The summed E-state index contributed by atoms with van der Waals surface area (Å²) < 4.78 is 81.8. The van der Waals surface area contributed by atoms with E-state index in [2.05, 4.69) is 0 Å². The Kier molecular flexibility index (Phi) is 6.68. The maximum absolute atomic E-state index is 14.9. The highest BCUT2D eigenvalue weighted by molar-refractivity contribution is 5.19. The molecule has 1 aliphatic heterocycles. The van der Waals surface area contributed by atoms with E-state index in [-0.39, 0.29) is 24.1 Å². The molecule has 0 spiro atoms. The molecule has 0 aromatic heterocycles. The third kappa shape index (κ3) is 4.52. The average molecular weight is 432 g/mol. The molecule has 30 heavy (non-hydrogen) atoms. The Morgan fingerprint density at radius 2 is 1.27 bits per heavy atom. The molecule has 1 saturated heterocycles. The van der Waals surface area contributed by atoms with Crippen molar-refractivity contribution < 1.29 is 31.4 Å². The zero-order valence-corrected chi connectivity index (χ0v) is 17.1. The molecular formula is C23H29F5O2.